The summed E-state index contributed by atoms with van der Waals surface area (Å²) in [6.45, 7) is 4.72. The average molecular weight is 264 g/mol. The molecule has 0 saturated heterocycles. The number of nitrogens with two attached hydrogens (primary N) is 1. The van der Waals surface area contributed by atoms with Crippen LogP contribution in [0.4, 0.5) is 0 Å². The quantitative estimate of drug-likeness (QED) is 0.922. The van der Waals surface area contributed by atoms with Crippen LogP contribution in [0.25, 0.3) is 0 Å². The van der Waals surface area contributed by atoms with E-state index in [4.69, 9.17) is 17.3 Å². The summed E-state index contributed by atoms with van der Waals surface area (Å²) in [5, 5.41) is 5.12. The summed E-state index contributed by atoms with van der Waals surface area (Å²) in [5.74, 6) is 0. The van der Waals surface area contributed by atoms with Gasteiger partial charge in [0, 0.05) is 17.3 Å². The molecule has 18 heavy (non-hydrogen) atoms. The van der Waals surface area contributed by atoms with Gasteiger partial charge in [-0.25, -0.2) is 0 Å². The van der Waals surface area contributed by atoms with Gasteiger partial charge >= 0.3 is 0 Å². The fourth-order valence-electron chi connectivity index (χ4n) is 1.93. The van der Waals surface area contributed by atoms with Gasteiger partial charge in [0.25, 0.3) is 0 Å². The second-order valence-corrected chi connectivity index (χ2v) is 5.23. The Bertz CT molecular complexity index is 532. The SMILES string of the molecule is Cc1ccc(Cn2cc(CC(C)N)cn2)c(Cl)c1. The minimum Gasteiger partial charge on any atom is -0.328 e. The van der Waals surface area contributed by atoms with Gasteiger partial charge < -0.3 is 5.73 Å². The molecule has 0 spiro atoms. The molecule has 0 bridgehead atoms. The molecule has 0 saturated carbocycles. The number of halogens is 1. The van der Waals surface area contributed by atoms with Crippen LogP contribution in [0.3, 0.4) is 0 Å². The van der Waals surface area contributed by atoms with Crippen molar-refractivity contribution in [1.82, 2.24) is 9.78 Å². The summed E-state index contributed by atoms with van der Waals surface area (Å²) < 4.78 is 1.90. The lowest BCUT2D eigenvalue weighted by Gasteiger charge is -2.05. The van der Waals surface area contributed by atoms with Crippen LogP contribution in [0.2, 0.25) is 5.02 Å². The number of benzene rings is 1. The summed E-state index contributed by atoms with van der Waals surface area (Å²) in [5.41, 5.74) is 9.18. The largest absolute Gasteiger partial charge is 0.328 e. The smallest absolute Gasteiger partial charge is 0.0673 e. The summed E-state index contributed by atoms with van der Waals surface area (Å²) in [4.78, 5) is 0. The Hall–Kier alpha value is -1.32. The standard InChI is InChI=1S/C14H18ClN3/c1-10-3-4-13(14(15)5-10)9-18-8-12(7-17-18)6-11(2)16/h3-5,7-8,11H,6,9,16H2,1-2H3. The van der Waals surface area contributed by atoms with Crippen LogP contribution in [0.15, 0.2) is 30.6 Å². The van der Waals surface area contributed by atoms with E-state index in [1.165, 1.54) is 5.56 Å². The highest BCUT2D eigenvalue weighted by Gasteiger charge is 2.05. The van der Waals surface area contributed by atoms with E-state index in [0.717, 1.165) is 22.6 Å². The van der Waals surface area contributed by atoms with Gasteiger partial charge in [0.15, 0.2) is 0 Å². The first kappa shape index (κ1) is 13.1. The molecule has 0 aliphatic heterocycles. The third-order valence-electron chi connectivity index (χ3n) is 2.79. The number of hydrogen-bond donors (Lipinski definition) is 1. The third kappa shape index (κ3) is 3.34. The molecular weight excluding hydrogens is 246 g/mol. The van der Waals surface area contributed by atoms with Crippen molar-refractivity contribution in [3.63, 3.8) is 0 Å². The topological polar surface area (TPSA) is 43.8 Å². The molecule has 1 heterocycles. The molecule has 0 amide bonds. The molecule has 0 fully saturated rings. The minimum atomic E-state index is 0.158. The van der Waals surface area contributed by atoms with Crippen molar-refractivity contribution in [3.8, 4) is 0 Å². The van der Waals surface area contributed by atoms with Crippen LogP contribution in [0.1, 0.15) is 23.6 Å². The van der Waals surface area contributed by atoms with Crippen LogP contribution in [0, 0.1) is 6.92 Å². The monoisotopic (exact) mass is 263 g/mol. The lowest BCUT2D eigenvalue weighted by atomic mass is 10.1. The zero-order chi connectivity index (χ0) is 13.1. The number of hydrogen-bond acceptors (Lipinski definition) is 2. The molecule has 1 aromatic carbocycles. The maximum atomic E-state index is 6.21. The fourth-order valence-corrected chi connectivity index (χ4v) is 2.22. The van der Waals surface area contributed by atoms with Crippen molar-refractivity contribution in [2.75, 3.05) is 0 Å². The normalized spacial score (nSPS) is 12.7. The van der Waals surface area contributed by atoms with Gasteiger partial charge in [-0.15, -0.1) is 0 Å². The molecule has 2 aromatic rings. The predicted molar refractivity (Wildman–Crippen MR) is 74.9 cm³/mol. The molecule has 3 nitrogen and oxygen atoms in total. The van der Waals surface area contributed by atoms with E-state index in [1.54, 1.807) is 0 Å². The van der Waals surface area contributed by atoms with Gasteiger partial charge in [-0.1, -0.05) is 23.7 Å². The Morgan fingerprint density at radius 3 is 2.89 bits per heavy atom. The highest BCUT2D eigenvalue weighted by atomic mass is 35.5. The third-order valence-corrected chi connectivity index (χ3v) is 3.14. The van der Waals surface area contributed by atoms with Gasteiger partial charge in [0.05, 0.1) is 12.7 Å². The van der Waals surface area contributed by atoms with Crippen molar-refractivity contribution in [1.29, 1.82) is 0 Å². The van der Waals surface area contributed by atoms with Crippen LogP contribution in [-0.2, 0) is 13.0 Å². The Balaban J connectivity index is 2.11. The summed E-state index contributed by atoms with van der Waals surface area (Å²) >= 11 is 6.21. The maximum Gasteiger partial charge on any atom is 0.0673 e. The molecule has 4 heteroatoms. The summed E-state index contributed by atoms with van der Waals surface area (Å²) in [6, 6.07) is 6.24. The molecule has 96 valence electrons. The van der Waals surface area contributed by atoms with Crippen molar-refractivity contribution in [2.45, 2.75) is 32.9 Å². The molecule has 2 rings (SSSR count). The molecule has 1 aromatic heterocycles. The second-order valence-electron chi connectivity index (χ2n) is 4.82. The fraction of sp³-hybridized carbons (Fsp3) is 0.357. The van der Waals surface area contributed by atoms with E-state index >= 15 is 0 Å². The Morgan fingerprint density at radius 1 is 1.44 bits per heavy atom. The van der Waals surface area contributed by atoms with Crippen molar-refractivity contribution >= 4 is 11.6 Å². The van der Waals surface area contributed by atoms with E-state index in [2.05, 4.69) is 11.2 Å². The van der Waals surface area contributed by atoms with Crippen LogP contribution >= 0.6 is 11.6 Å². The van der Waals surface area contributed by atoms with Crippen LogP contribution in [0.5, 0.6) is 0 Å². The first-order valence-corrected chi connectivity index (χ1v) is 6.44. The highest BCUT2D eigenvalue weighted by molar-refractivity contribution is 6.31. The van der Waals surface area contributed by atoms with E-state index < -0.39 is 0 Å². The van der Waals surface area contributed by atoms with Gasteiger partial charge in [-0.2, -0.15) is 5.10 Å². The minimum absolute atomic E-state index is 0.158. The molecule has 0 radical (unpaired) electrons. The number of aryl methyl sites for hydroxylation is 1. The van der Waals surface area contributed by atoms with Crippen LogP contribution < -0.4 is 5.73 Å². The van der Waals surface area contributed by atoms with Crippen LogP contribution in [-0.4, -0.2) is 15.8 Å². The molecule has 0 aliphatic rings. The highest BCUT2D eigenvalue weighted by Crippen LogP contribution is 2.18. The van der Waals surface area contributed by atoms with E-state index in [9.17, 15) is 0 Å². The van der Waals surface area contributed by atoms with Crippen molar-refractivity contribution in [3.05, 3.63) is 52.3 Å². The average Bonchev–Trinajstić information content (AvgIpc) is 2.69. The number of nitrogens with zero attached hydrogens (tertiary/aromatic N) is 2. The van der Waals surface area contributed by atoms with Gasteiger partial charge in [-0.05, 0) is 43.0 Å². The first-order valence-electron chi connectivity index (χ1n) is 6.06. The van der Waals surface area contributed by atoms with Gasteiger partial charge in [0.2, 0.25) is 0 Å². The molecule has 2 N–H and O–H groups in total. The van der Waals surface area contributed by atoms with Gasteiger partial charge in [0.1, 0.15) is 0 Å². The Morgan fingerprint density at radius 2 is 2.22 bits per heavy atom. The molecule has 1 unspecified atom stereocenters. The second kappa shape index (κ2) is 5.55. The van der Waals surface area contributed by atoms with E-state index in [1.807, 2.05) is 43.1 Å². The summed E-state index contributed by atoms with van der Waals surface area (Å²) in [7, 11) is 0. The Kier molecular flexibility index (Phi) is 4.04. The van der Waals surface area contributed by atoms with Gasteiger partial charge in [-0.3, -0.25) is 4.68 Å². The van der Waals surface area contributed by atoms with E-state index in [-0.39, 0.29) is 6.04 Å². The molecule has 0 aliphatic carbocycles. The maximum absolute atomic E-state index is 6.21. The predicted octanol–water partition coefficient (Wildman–Crippen LogP) is 2.78. The number of rotatable bonds is 4. The zero-order valence-corrected chi connectivity index (χ0v) is 11.5. The van der Waals surface area contributed by atoms with Crippen molar-refractivity contribution in [2.24, 2.45) is 5.73 Å². The zero-order valence-electron chi connectivity index (χ0n) is 10.7. The lowest BCUT2D eigenvalue weighted by molar-refractivity contribution is 0.684. The summed E-state index contributed by atoms with van der Waals surface area (Å²) in [6.07, 6.45) is 4.74. The first-order chi connectivity index (χ1) is 8.54. The number of aromatic nitrogens is 2. The molecule has 1 atom stereocenters. The van der Waals surface area contributed by atoms with E-state index in [0.29, 0.717) is 6.54 Å². The van der Waals surface area contributed by atoms with Crippen molar-refractivity contribution < 1.29 is 0 Å². The molecular formula is C14H18ClN3. The Labute approximate surface area is 113 Å². The lowest BCUT2D eigenvalue weighted by Crippen LogP contribution is -2.17.